The Hall–Kier alpha value is -0.940. The van der Waals surface area contributed by atoms with Crippen LogP contribution in [-0.2, 0) is 0 Å². The number of hydrogen-bond acceptors (Lipinski definition) is 4. The van der Waals surface area contributed by atoms with E-state index in [-0.39, 0.29) is 11.8 Å². The van der Waals surface area contributed by atoms with Crippen molar-refractivity contribution in [3.05, 3.63) is 16.1 Å². The van der Waals surface area contributed by atoms with Crippen molar-refractivity contribution in [3.63, 3.8) is 0 Å². The van der Waals surface area contributed by atoms with E-state index in [9.17, 15) is 5.11 Å². The average molecular weight is 328 g/mol. The molecule has 4 nitrogen and oxygen atoms in total. The van der Waals surface area contributed by atoms with Crippen LogP contribution in [0.2, 0.25) is 0 Å². The summed E-state index contributed by atoms with van der Waals surface area (Å²) in [7, 11) is 0. The molecular weight excluding hydrogens is 310 g/mol. The lowest BCUT2D eigenvalue weighted by molar-refractivity contribution is 0.292. The maximum absolute atomic E-state index is 10.4. The molecule has 2 N–H and O–H groups in total. The van der Waals surface area contributed by atoms with Gasteiger partial charge in [0.05, 0.1) is 23.2 Å². The Morgan fingerprint density at radius 2 is 2.05 bits per heavy atom. The van der Waals surface area contributed by atoms with Gasteiger partial charge in [0, 0.05) is 18.5 Å². The van der Waals surface area contributed by atoms with E-state index in [1.165, 1.54) is 12.8 Å². The van der Waals surface area contributed by atoms with Crippen LogP contribution in [0.4, 0.5) is 0 Å². The molecule has 0 aliphatic carbocycles. The molecule has 3 rings (SSSR count). The molecule has 1 aromatic carbocycles. The first-order chi connectivity index (χ1) is 9.27. The molecule has 1 saturated heterocycles. The second-order valence-electron chi connectivity index (χ2n) is 5.00. The highest BCUT2D eigenvalue weighted by Crippen LogP contribution is 2.47. The number of ether oxygens (including phenoxy) is 2. The molecule has 1 fully saturated rings. The fourth-order valence-corrected chi connectivity index (χ4v) is 3.13. The van der Waals surface area contributed by atoms with Crippen molar-refractivity contribution < 1.29 is 14.6 Å². The van der Waals surface area contributed by atoms with Crippen LogP contribution in [0.3, 0.4) is 0 Å². The molecule has 19 heavy (non-hydrogen) atoms. The smallest absolute Gasteiger partial charge is 0.169 e. The van der Waals surface area contributed by atoms with Crippen molar-refractivity contribution in [2.45, 2.75) is 31.7 Å². The molecule has 104 valence electrons. The fraction of sp³-hybridized carbons (Fsp3) is 0.571. The molecule has 1 unspecified atom stereocenters. The van der Waals surface area contributed by atoms with Gasteiger partial charge in [-0.1, -0.05) is 6.42 Å². The number of benzene rings is 1. The first-order valence-corrected chi connectivity index (χ1v) is 7.61. The molecule has 5 heteroatoms. The summed E-state index contributed by atoms with van der Waals surface area (Å²) in [6, 6.07) is 1.93. The van der Waals surface area contributed by atoms with Crippen LogP contribution in [0.25, 0.3) is 0 Å². The van der Waals surface area contributed by atoms with Gasteiger partial charge >= 0.3 is 0 Å². The van der Waals surface area contributed by atoms with Crippen molar-refractivity contribution in [1.82, 2.24) is 5.32 Å². The van der Waals surface area contributed by atoms with Crippen molar-refractivity contribution in [1.29, 1.82) is 0 Å². The summed E-state index contributed by atoms with van der Waals surface area (Å²) in [6.07, 6.45) is 4.23. The zero-order valence-electron chi connectivity index (χ0n) is 10.7. The molecule has 0 radical (unpaired) electrons. The lowest BCUT2D eigenvalue weighted by Gasteiger charge is -2.27. The molecule has 2 aliphatic rings. The van der Waals surface area contributed by atoms with E-state index in [0.29, 0.717) is 23.4 Å². The fourth-order valence-electron chi connectivity index (χ4n) is 2.71. The average Bonchev–Trinajstić information content (AvgIpc) is 2.66. The second-order valence-corrected chi connectivity index (χ2v) is 5.86. The molecule has 2 heterocycles. The van der Waals surface area contributed by atoms with Gasteiger partial charge in [0.1, 0.15) is 5.75 Å². The van der Waals surface area contributed by atoms with Crippen molar-refractivity contribution in [2.75, 3.05) is 19.8 Å². The summed E-state index contributed by atoms with van der Waals surface area (Å²) in [5, 5.41) is 13.8. The van der Waals surface area contributed by atoms with Crippen LogP contribution in [0.1, 0.15) is 37.3 Å². The van der Waals surface area contributed by atoms with Gasteiger partial charge < -0.3 is 19.9 Å². The van der Waals surface area contributed by atoms with E-state index in [1.807, 2.05) is 0 Å². The van der Waals surface area contributed by atoms with Crippen LogP contribution >= 0.6 is 15.9 Å². The number of phenolic OH excluding ortho intramolecular Hbond substituents is 1. The standard InChI is InChI=1S/C14H18BrNO3/c15-9-8-11-14(19-7-3-6-18-11)12(13(9)17)10-4-1-2-5-16-10/h8,10,16-17H,1-7H2. The molecular formula is C14H18BrNO3. The molecule has 0 spiro atoms. The lowest BCUT2D eigenvalue weighted by Crippen LogP contribution is -2.27. The van der Waals surface area contributed by atoms with Crippen molar-refractivity contribution >= 4 is 15.9 Å². The first kappa shape index (κ1) is 13.1. The summed E-state index contributed by atoms with van der Waals surface area (Å²) in [4.78, 5) is 0. The second kappa shape index (κ2) is 5.59. The number of fused-ring (bicyclic) bond motifs is 1. The van der Waals surface area contributed by atoms with Crippen LogP contribution < -0.4 is 14.8 Å². The predicted octanol–water partition coefficient (Wildman–Crippen LogP) is 3.13. The highest BCUT2D eigenvalue weighted by Gasteiger charge is 2.28. The number of hydrogen-bond donors (Lipinski definition) is 2. The summed E-state index contributed by atoms with van der Waals surface area (Å²) in [5.41, 5.74) is 0.839. The van der Waals surface area contributed by atoms with Crippen LogP contribution in [0.5, 0.6) is 17.2 Å². The Bertz CT molecular complexity index is 472. The van der Waals surface area contributed by atoms with Crippen LogP contribution in [0, 0.1) is 0 Å². The topological polar surface area (TPSA) is 50.7 Å². The van der Waals surface area contributed by atoms with Crippen molar-refractivity contribution in [3.8, 4) is 17.2 Å². The van der Waals surface area contributed by atoms with Gasteiger partial charge in [-0.25, -0.2) is 0 Å². The summed E-state index contributed by atoms with van der Waals surface area (Å²) >= 11 is 3.40. The van der Waals surface area contributed by atoms with Gasteiger partial charge in [-0.05, 0) is 35.3 Å². The van der Waals surface area contributed by atoms with Gasteiger partial charge in [0.25, 0.3) is 0 Å². The van der Waals surface area contributed by atoms with E-state index in [4.69, 9.17) is 9.47 Å². The maximum Gasteiger partial charge on any atom is 0.169 e. The zero-order valence-corrected chi connectivity index (χ0v) is 12.3. The number of piperidine rings is 1. The summed E-state index contributed by atoms with van der Waals surface area (Å²) in [6.45, 7) is 2.27. The Balaban J connectivity index is 2.07. The van der Waals surface area contributed by atoms with Gasteiger partial charge in [0.2, 0.25) is 0 Å². The predicted molar refractivity (Wildman–Crippen MR) is 76.0 cm³/mol. The molecule has 0 amide bonds. The quantitative estimate of drug-likeness (QED) is 0.832. The third kappa shape index (κ3) is 2.54. The lowest BCUT2D eigenvalue weighted by atomic mass is 9.95. The van der Waals surface area contributed by atoms with Gasteiger partial charge in [-0.3, -0.25) is 0 Å². The van der Waals surface area contributed by atoms with Crippen molar-refractivity contribution in [2.24, 2.45) is 0 Å². The van der Waals surface area contributed by atoms with E-state index in [2.05, 4.69) is 21.2 Å². The maximum atomic E-state index is 10.4. The van der Waals surface area contributed by atoms with E-state index in [0.717, 1.165) is 30.7 Å². The summed E-state index contributed by atoms with van der Waals surface area (Å²) in [5.74, 6) is 1.70. The SMILES string of the molecule is Oc1c(Br)cc2c(c1C1CCCCN1)OCCCO2. The molecule has 0 aromatic heterocycles. The third-order valence-electron chi connectivity index (χ3n) is 3.66. The Kier molecular flexibility index (Phi) is 3.84. The van der Waals surface area contributed by atoms with Crippen LogP contribution in [0.15, 0.2) is 10.5 Å². The highest BCUT2D eigenvalue weighted by atomic mass is 79.9. The third-order valence-corrected chi connectivity index (χ3v) is 4.26. The first-order valence-electron chi connectivity index (χ1n) is 6.81. The number of phenols is 1. The minimum Gasteiger partial charge on any atom is -0.506 e. The monoisotopic (exact) mass is 327 g/mol. The zero-order chi connectivity index (χ0) is 13.2. The van der Waals surface area contributed by atoms with Crippen LogP contribution in [-0.4, -0.2) is 24.9 Å². The normalized spacial score (nSPS) is 22.9. The van der Waals surface area contributed by atoms with E-state index < -0.39 is 0 Å². The van der Waals surface area contributed by atoms with Gasteiger partial charge in [0.15, 0.2) is 11.5 Å². The minimum absolute atomic E-state index is 0.140. The molecule has 0 saturated carbocycles. The number of rotatable bonds is 1. The highest BCUT2D eigenvalue weighted by molar-refractivity contribution is 9.10. The molecule has 2 aliphatic heterocycles. The largest absolute Gasteiger partial charge is 0.506 e. The minimum atomic E-state index is 0.140. The number of halogens is 1. The Labute approximate surface area is 121 Å². The molecule has 1 atom stereocenters. The van der Waals surface area contributed by atoms with Gasteiger partial charge in [-0.2, -0.15) is 0 Å². The van der Waals surface area contributed by atoms with E-state index in [1.54, 1.807) is 6.07 Å². The Morgan fingerprint density at radius 3 is 2.84 bits per heavy atom. The molecule has 1 aromatic rings. The number of nitrogens with one attached hydrogen (secondary N) is 1. The Morgan fingerprint density at radius 1 is 1.21 bits per heavy atom. The van der Waals surface area contributed by atoms with Gasteiger partial charge in [-0.15, -0.1) is 0 Å². The van der Waals surface area contributed by atoms with E-state index >= 15 is 0 Å². The summed E-state index contributed by atoms with van der Waals surface area (Å²) < 4.78 is 12.2. The number of aromatic hydroxyl groups is 1. The molecule has 0 bridgehead atoms.